The van der Waals surface area contributed by atoms with Crippen LogP contribution in [0.3, 0.4) is 0 Å². The summed E-state index contributed by atoms with van der Waals surface area (Å²) in [4.78, 5) is 10.3. The first-order chi connectivity index (χ1) is 5.90. The van der Waals surface area contributed by atoms with Crippen molar-refractivity contribution in [3.05, 3.63) is 23.0 Å². The smallest absolute Gasteiger partial charge is 0.170 e. The molecule has 1 aliphatic rings. The minimum Gasteiger partial charge on any atom is -0.376 e. The number of hydrogen-bond donors (Lipinski definition) is 0. The number of carbonyl (C=O) groups excluding carboxylic acids is 1. The first kappa shape index (κ1) is 7.36. The Balaban J connectivity index is 2.42. The fraction of sp³-hybridized carbons (Fsp3) is 0.375. The van der Waals surface area contributed by atoms with Crippen LogP contribution in [0.2, 0.25) is 0 Å². The van der Waals surface area contributed by atoms with Gasteiger partial charge in [0, 0.05) is 12.0 Å². The maximum Gasteiger partial charge on any atom is 0.170 e. The fourth-order valence-corrected chi connectivity index (χ4v) is 1.22. The number of carbonyl (C=O) groups is 1. The summed E-state index contributed by atoms with van der Waals surface area (Å²) in [6, 6.07) is 1.73. The molecule has 4 nitrogen and oxygen atoms in total. The van der Waals surface area contributed by atoms with Gasteiger partial charge in [-0.1, -0.05) is 0 Å². The predicted molar refractivity (Wildman–Crippen MR) is 40.8 cm³/mol. The summed E-state index contributed by atoms with van der Waals surface area (Å²) in [5.41, 5.74) is 2.31. The van der Waals surface area contributed by atoms with Crippen LogP contribution < -0.4 is 0 Å². The van der Waals surface area contributed by atoms with E-state index in [1.54, 1.807) is 6.07 Å². The van der Waals surface area contributed by atoms with E-state index in [0.717, 1.165) is 17.7 Å². The van der Waals surface area contributed by atoms with Gasteiger partial charge in [0.05, 0.1) is 18.9 Å². The second-order valence-electron chi connectivity index (χ2n) is 2.66. The van der Waals surface area contributed by atoms with E-state index in [2.05, 4.69) is 10.2 Å². The molecule has 0 saturated heterocycles. The van der Waals surface area contributed by atoms with Gasteiger partial charge in [-0.05, 0) is 6.07 Å². The first-order valence-electron chi connectivity index (χ1n) is 3.78. The zero-order chi connectivity index (χ0) is 8.39. The molecular formula is C8H8N2O2. The molecule has 0 atom stereocenters. The number of hydrogen-bond acceptors (Lipinski definition) is 4. The van der Waals surface area contributed by atoms with E-state index in [1.807, 2.05) is 0 Å². The van der Waals surface area contributed by atoms with Gasteiger partial charge in [-0.2, -0.15) is 5.10 Å². The molecule has 0 amide bonds. The van der Waals surface area contributed by atoms with Crippen molar-refractivity contribution < 1.29 is 9.53 Å². The lowest BCUT2D eigenvalue weighted by molar-refractivity contribution is 0.107. The lowest BCUT2D eigenvalue weighted by Gasteiger charge is -2.13. The van der Waals surface area contributed by atoms with Gasteiger partial charge in [-0.3, -0.25) is 4.79 Å². The molecule has 1 aromatic rings. The quantitative estimate of drug-likeness (QED) is 0.562. The molecule has 0 unspecified atom stereocenters. The second-order valence-corrected chi connectivity index (χ2v) is 2.66. The number of rotatable bonds is 1. The van der Waals surface area contributed by atoms with Crippen molar-refractivity contribution in [3.8, 4) is 0 Å². The van der Waals surface area contributed by atoms with Crippen molar-refractivity contribution in [2.75, 3.05) is 6.61 Å². The minimum atomic E-state index is 0.374. The van der Waals surface area contributed by atoms with Crippen LogP contribution in [-0.2, 0) is 17.8 Å². The van der Waals surface area contributed by atoms with Gasteiger partial charge in [-0.15, -0.1) is 5.10 Å². The van der Waals surface area contributed by atoms with Gasteiger partial charge >= 0.3 is 0 Å². The zero-order valence-corrected chi connectivity index (χ0v) is 6.49. The number of nitrogens with zero attached hydrogens (tertiary/aromatic N) is 2. The maximum atomic E-state index is 10.3. The second kappa shape index (κ2) is 2.98. The van der Waals surface area contributed by atoms with Crippen molar-refractivity contribution in [1.82, 2.24) is 10.2 Å². The molecule has 12 heavy (non-hydrogen) atoms. The normalized spacial score (nSPS) is 15.3. The van der Waals surface area contributed by atoms with Gasteiger partial charge < -0.3 is 4.74 Å². The third kappa shape index (κ3) is 1.21. The third-order valence-electron chi connectivity index (χ3n) is 1.84. The van der Waals surface area contributed by atoms with Gasteiger partial charge in [0.25, 0.3) is 0 Å². The topological polar surface area (TPSA) is 52.1 Å². The van der Waals surface area contributed by atoms with Crippen molar-refractivity contribution >= 4 is 6.29 Å². The Morgan fingerprint density at radius 2 is 2.42 bits per heavy atom. The summed E-state index contributed by atoms with van der Waals surface area (Å²) >= 11 is 0. The molecule has 4 heteroatoms. The molecule has 1 aromatic heterocycles. The average Bonchev–Trinajstić information content (AvgIpc) is 2.17. The first-order valence-corrected chi connectivity index (χ1v) is 3.78. The van der Waals surface area contributed by atoms with Crippen molar-refractivity contribution in [1.29, 1.82) is 0 Å². The maximum absolute atomic E-state index is 10.3. The standard InChI is InChI=1S/C8H8N2O2/c11-4-7-3-6-5-12-2-1-8(6)10-9-7/h3-4H,1-2,5H2. The SMILES string of the molecule is O=Cc1cc2c(nn1)CCOC2. The molecule has 0 spiro atoms. The molecule has 0 radical (unpaired) electrons. The average molecular weight is 164 g/mol. The summed E-state index contributed by atoms with van der Waals surface area (Å²) in [7, 11) is 0. The summed E-state index contributed by atoms with van der Waals surface area (Å²) in [6.45, 7) is 1.24. The minimum absolute atomic E-state index is 0.374. The molecule has 0 aromatic carbocycles. The van der Waals surface area contributed by atoms with Gasteiger partial charge in [-0.25, -0.2) is 0 Å². The van der Waals surface area contributed by atoms with Crippen LogP contribution in [-0.4, -0.2) is 23.1 Å². The van der Waals surface area contributed by atoms with E-state index in [1.165, 1.54) is 0 Å². The molecule has 0 aliphatic carbocycles. The van der Waals surface area contributed by atoms with Crippen LogP contribution in [0, 0.1) is 0 Å². The van der Waals surface area contributed by atoms with E-state index in [-0.39, 0.29) is 0 Å². The Labute approximate surface area is 69.6 Å². The molecule has 2 heterocycles. The van der Waals surface area contributed by atoms with E-state index >= 15 is 0 Å². The Morgan fingerprint density at radius 1 is 1.50 bits per heavy atom. The lowest BCUT2D eigenvalue weighted by atomic mass is 10.1. The fourth-order valence-electron chi connectivity index (χ4n) is 1.22. The highest BCUT2D eigenvalue weighted by Gasteiger charge is 2.11. The largest absolute Gasteiger partial charge is 0.376 e. The highest BCUT2D eigenvalue weighted by Crippen LogP contribution is 2.13. The van der Waals surface area contributed by atoms with Crippen LogP contribution in [0.15, 0.2) is 6.07 Å². The molecule has 1 aliphatic heterocycles. The van der Waals surface area contributed by atoms with E-state index in [9.17, 15) is 4.79 Å². The summed E-state index contributed by atoms with van der Waals surface area (Å²) < 4.78 is 5.21. The Bertz CT molecular complexity index is 312. The van der Waals surface area contributed by atoms with Crippen molar-refractivity contribution in [2.45, 2.75) is 13.0 Å². The van der Waals surface area contributed by atoms with Crippen LogP contribution in [0.5, 0.6) is 0 Å². The monoisotopic (exact) mass is 164 g/mol. The molecular weight excluding hydrogens is 156 g/mol. The zero-order valence-electron chi connectivity index (χ0n) is 6.49. The summed E-state index contributed by atoms with van der Waals surface area (Å²) in [5, 5.41) is 7.67. The Kier molecular flexibility index (Phi) is 1.83. The van der Waals surface area contributed by atoms with E-state index < -0.39 is 0 Å². The molecule has 0 fully saturated rings. The summed E-state index contributed by atoms with van der Waals surface area (Å²) in [6.07, 6.45) is 1.49. The van der Waals surface area contributed by atoms with Gasteiger partial charge in [0.2, 0.25) is 0 Å². The van der Waals surface area contributed by atoms with Crippen LogP contribution in [0.1, 0.15) is 21.7 Å². The number of ether oxygens (including phenoxy) is 1. The van der Waals surface area contributed by atoms with Crippen LogP contribution in [0.4, 0.5) is 0 Å². The number of aldehydes is 1. The van der Waals surface area contributed by atoms with Gasteiger partial charge in [0.1, 0.15) is 5.69 Å². The van der Waals surface area contributed by atoms with E-state index in [0.29, 0.717) is 25.2 Å². The number of fused-ring (bicyclic) bond motifs is 1. The van der Waals surface area contributed by atoms with Crippen LogP contribution >= 0.6 is 0 Å². The highest BCUT2D eigenvalue weighted by molar-refractivity contribution is 5.71. The molecule has 62 valence electrons. The predicted octanol–water partition coefficient (Wildman–Crippen LogP) is 0.362. The van der Waals surface area contributed by atoms with Gasteiger partial charge in [0.15, 0.2) is 6.29 Å². The molecule has 2 rings (SSSR count). The van der Waals surface area contributed by atoms with Crippen molar-refractivity contribution in [3.63, 3.8) is 0 Å². The van der Waals surface area contributed by atoms with Crippen molar-refractivity contribution in [2.24, 2.45) is 0 Å². The molecule has 0 bridgehead atoms. The van der Waals surface area contributed by atoms with Crippen LogP contribution in [0.25, 0.3) is 0 Å². The Hall–Kier alpha value is -1.29. The lowest BCUT2D eigenvalue weighted by Crippen LogP contribution is -2.13. The molecule has 0 N–H and O–H groups in total. The van der Waals surface area contributed by atoms with E-state index in [4.69, 9.17) is 4.74 Å². The summed E-state index contributed by atoms with van der Waals surface area (Å²) in [5.74, 6) is 0. The third-order valence-corrected chi connectivity index (χ3v) is 1.84. The molecule has 0 saturated carbocycles. The highest BCUT2D eigenvalue weighted by atomic mass is 16.5. The number of aromatic nitrogens is 2. The Morgan fingerprint density at radius 3 is 3.25 bits per heavy atom.